The Kier molecular flexibility index (Phi) is 5.09. The summed E-state index contributed by atoms with van der Waals surface area (Å²) in [6.45, 7) is 1.93. The number of carbonyl (C=O) groups excluding carboxylic acids is 1. The van der Waals surface area contributed by atoms with E-state index in [1.807, 2.05) is 31.2 Å². The van der Waals surface area contributed by atoms with E-state index in [0.717, 1.165) is 24.8 Å². The van der Waals surface area contributed by atoms with E-state index >= 15 is 0 Å². The summed E-state index contributed by atoms with van der Waals surface area (Å²) >= 11 is 5.92. The van der Waals surface area contributed by atoms with Gasteiger partial charge in [0.1, 0.15) is 6.10 Å². The van der Waals surface area contributed by atoms with E-state index in [-0.39, 0.29) is 30.3 Å². The van der Waals surface area contributed by atoms with Gasteiger partial charge in [-0.25, -0.2) is 4.79 Å². The number of amides is 2. The number of methoxy groups -OCH3 is 1. The average molecular weight is 339 g/mol. The van der Waals surface area contributed by atoms with Crippen LogP contribution in [0.15, 0.2) is 24.3 Å². The molecule has 0 aromatic heterocycles. The van der Waals surface area contributed by atoms with Crippen molar-refractivity contribution in [3.8, 4) is 0 Å². The van der Waals surface area contributed by atoms with Gasteiger partial charge in [0, 0.05) is 12.1 Å². The van der Waals surface area contributed by atoms with E-state index < -0.39 is 0 Å². The standard InChI is InChI=1S/C17H23ClN2O3/c1-10(16(22-2)11-3-5-12(18)6-4-11)19-17(21)20-14-9-13-7-8-15(14)23-13/h3-6,10,13-16H,7-9H2,1-2H3,(H2,19,20,21)/t10-,13+,14+,15+,16-/m0/s1. The lowest BCUT2D eigenvalue weighted by molar-refractivity contribution is 0.0753. The van der Waals surface area contributed by atoms with Gasteiger partial charge < -0.3 is 20.1 Å². The lowest BCUT2D eigenvalue weighted by Crippen LogP contribution is -2.50. The molecule has 126 valence electrons. The van der Waals surface area contributed by atoms with Crippen LogP contribution < -0.4 is 10.6 Å². The highest BCUT2D eigenvalue weighted by Crippen LogP contribution is 2.34. The Bertz CT molecular complexity index is 551. The second-order valence-electron chi connectivity index (χ2n) is 6.33. The predicted molar refractivity (Wildman–Crippen MR) is 88.6 cm³/mol. The fourth-order valence-corrected chi connectivity index (χ4v) is 3.69. The van der Waals surface area contributed by atoms with Crippen molar-refractivity contribution in [3.05, 3.63) is 34.9 Å². The zero-order chi connectivity index (χ0) is 16.4. The quantitative estimate of drug-likeness (QED) is 0.867. The van der Waals surface area contributed by atoms with Gasteiger partial charge in [0.25, 0.3) is 0 Å². The Labute approximate surface area is 141 Å². The van der Waals surface area contributed by atoms with Crippen LogP contribution in [0.5, 0.6) is 0 Å². The molecule has 2 aliphatic heterocycles. The smallest absolute Gasteiger partial charge is 0.315 e. The number of hydrogen-bond donors (Lipinski definition) is 2. The second-order valence-corrected chi connectivity index (χ2v) is 6.77. The molecule has 2 N–H and O–H groups in total. The highest BCUT2D eigenvalue weighted by atomic mass is 35.5. The Morgan fingerprint density at radius 3 is 2.65 bits per heavy atom. The molecule has 2 saturated heterocycles. The lowest BCUT2D eigenvalue weighted by atomic mass is 9.96. The van der Waals surface area contributed by atoms with Crippen LogP contribution in [-0.2, 0) is 9.47 Å². The predicted octanol–water partition coefficient (Wildman–Crippen LogP) is 3.04. The lowest BCUT2D eigenvalue weighted by Gasteiger charge is -2.26. The van der Waals surface area contributed by atoms with Crippen LogP contribution in [0.3, 0.4) is 0 Å². The molecule has 3 rings (SSSR count). The summed E-state index contributed by atoms with van der Waals surface area (Å²) in [5.41, 5.74) is 0.980. The van der Waals surface area contributed by atoms with Gasteiger partial charge in [-0.05, 0) is 43.9 Å². The van der Waals surface area contributed by atoms with E-state index in [1.165, 1.54) is 0 Å². The van der Waals surface area contributed by atoms with Crippen molar-refractivity contribution in [2.45, 2.75) is 56.6 Å². The first-order valence-corrected chi connectivity index (χ1v) is 8.45. The van der Waals surface area contributed by atoms with Gasteiger partial charge in [0.15, 0.2) is 0 Å². The Balaban J connectivity index is 1.55. The minimum atomic E-state index is -0.228. The van der Waals surface area contributed by atoms with Crippen LogP contribution in [0.2, 0.25) is 5.02 Å². The number of hydrogen-bond acceptors (Lipinski definition) is 3. The summed E-state index contributed by atoms with van der Waals surface area (Å²) < 4.78 is 11.3. The average Bonchev–Trinajstić information content (AvgIpc) is 3.12. The second kappa shape index (κ2) is 7.07. The number of ether oxygens (including phenoxy) is 2. The molecule has 6 heteroatoms. The molecular weight excluding hydrogens is 316 g/mol. The molecule has 2 bridgehead atoms. The van der Waals surface area contributed by atoms with Crippen molar-refractivity contribution in [3.63, 3.8) is 0 Å². The van der Waals surface area contributed by atoms with E-state index in [9.17, 15) is 4.79 Å². The zero-order valence-electron chi connectivity index (χ0n) is 13.4. The van der Waals surface area contributed by atoms with Crippen LogP contribution in [0.4, 0.5) is 4.79 Å². The topological polar surface area (TPSA) is 59.6 Å². The third-order valence-electron chi connectivity index (χ3n) is 4.69. The van der Waals surface area contributed by atoms with Crippen LogP contribution in [0.25, 0.3) is 0 Å². The summed E-state index contributed by atoms with van der Waals surface area (Å²) in [4.78, 5) is 12.2. The maximum Gasteiger partial charge on any atom is 0.315 e. The Morgan fingerprint density at radius 1 is 1.35 bits per heavy atom. The minimum Gasteiger partial charge on any atom is -0.375 e. The van der Waals surface area contributed by atoms with E-state index in [0.29, 0.717) is 11.1 Å². The van der Waals surface area contributed by atoms with Gasteiger partial charge in [-0.1, -0.05) is 23.7 Å². The van der Waals surface area contributed by atoms with Crippen LogP contribution in [-0.4, -0.2) is 37.4 Å². The number of halogens is 1. The van der Waals surface area contributed by atoms with E-state index in [2.05, 4.69) is 10.6 Å². The summed E-state index contributed by atoms with van der Waals surface area (Å²) in [5.74, 6) is 0. The van der Waals surface area contributed by atoms with Crippen molar-refractivity contribution in [1.82, 2.24) is 10.6 Å². The van der Waals surface area contributed by atoms with E-state index in [1.54, 1.807) is 7.11 Å². The molecule has 1 aromatic rings. The van der Waals surface area contributed by atoms with Crippen molar-refractivity contribution in [1.29, 1.82) is 0 Å². The third-order valence-corrected chi connectivity index (χ3v) is 4.94. The van der Waals surface area contributed by atoms with Gasteiger partial charge >= 0.3 is 6.03 Å². The van der Waals surface area contributed by atoms with Gasteiger partial charge in [0.05, 0.1) is 24.3 Å². The molecular formula is C17H23ClN2O3. The summed E-state index contributed by atoms with van der Waals surface area (Å²) in [7, 11) is 1.64. The molecule has 2 amide bonds. The first-order valence-electron chi connectivity index (χ1n) is 8.07. The molecule has 0 saturated carbocycles. The summed E-state index contributed by atoms with van der Waals surface area (Å²) in [5, 5.41) is 6.67. The number of benzene rings is 1. The first kappa shape index (κ1) is 16.6. The third kappa shape index (κ3) is 3.79. The van der Waals surface area contributed by atoms with Crippen LogP contribution >= 0.6 is 11.6 Å². The minimum absolute atomic E-state index is 0.123. The fourth-order valence-electron chi connectivity index (χ4n) is 3.56. The van der Waals surface area contributed by atoms with Crippen LogP contribution in [0, 0.1) is 0 Å². The molecule has 5 atom stereocenters. The zero-order valence-corrected chi connectivity index (χ0v) is 14.2. The van der Waals surface area contributed by atoms with Gasteiger partial charge in [0.2, 0.25) is 0 Å². The highest BCUT2D eigenvalue weighted by molar-refractivity contribution is 6.30. The largest absolute Gasteiger partial charge is 0.375 e. The normalized spacial score (nSPS) is 28.4. The number of rotatable bonds is 5. The fraction of sp³-hybridized carbons (Fsp3) is 0.588. The van der Waals surface area contributed by atoms with Crippen molar-refractivity contribution in [2.24, 2.45) is 0 Å². The Morgan fingerprint density at radius 2 is 2.09 bits per heavy atom. The summed E-state index contributed by atoms with van der Waals surface area (Å²) in [6.07, 6.45) is 3.34. The number of fused-ring (bicyclic) bond motifs is 2. The Hall–Kier alpha value is -1.30. The molecule has 0 radical (unpaired) electrons. The maximum atomic E-state index is 12.2. The molecule has 5 nitrogen and oxygen atoms in total. The van der Waals surface area contributed by atoms with Crippen molar-refractivity contribution in [2.75, 3.05) is 7.11 Å². The molecule has 2 fully saturated rings. The molecule has 0 unspecified atom stereocenters. The highest BCUT2D eigenvalue weighted by Gasteiger charge is 2.41. The van der Waals surface area contributed by atoms with Crippen LogP contribution in [0.1, 0.15) is 37.9 Å². The molecule has 0 spiro atoms. The van der Waals surface area contributed by atoms with Gasteiger partial charge in [-0.3, -0.25) is 0 Å². The van der Waals surface area contributed by atoms with Crippen molar-refractivity contribution < 1.29 is 14.3 Å². The molecule has 0 aliphatic carbocycles. The van der Waals surface area contributed by atoms with Gasteiger partial charge in [-0.2, -0.15) is 0 Å². The molecule has 23 heavy (non-hydrogen) atoms. The van der Waals surface area contributed by atoms with Crippen molar-refractivity contribution >= 4 is 17.6 Å². The first-order chi connectivity index (χ1) is 11.1. The van der Waals surface area contributed by atoms with Gasteiger partial charge in [-0.15, -0.1) is 0 Å². The maximum absolute atomic E-state index is 12.2. The number of carbonyl (C=O) groups is 1. The van der Waals surface area contributed by atoms with E-state index in [4.69, 9.17) is 21.1 Å². The molecule has 1 aromatic carbocycles. The SMILES string of the molecule is CO[C@H](c1ccc(Cl)cc1)[C@H](C)NC(=O)N[C@@H]1C[C@H]2CC[C@H]1O2. The summed E-state index contributed by atoms with van der Waals surface area (Å²) in [6, 6.07) is 7.25. The molecule has 2 aliphatic rings. The number of nitrogens with one attached hydrogen (secondary N) is 2. The monoisotopic (exact) mass is 338 g/mol. The number of urea groups is 1. The molecule has 2 heterocycles.